The van der Waals surface area contributed by atoms with E-state index in [4.69, 9.17) is 28.2 Å². The Labute approximate surface area is 162 Å². The fourth-order valence-corrected chi connectivity index (χ4v) is 2.65. The smallest absolute Gasteiger partial charge is 0.154 e. The van der Waals surface area contributed by atoms with Gasteiger partial charge in [-0.25, -0.2) is 9.50 Å². The molecule has 23 heavy (non-hydrogen) atoms. The zero-order valence-corrected chi connectivity index (χ0v) is 16.8. The molecular weight excluding hydrogens is 446 g/mol. The van der Waals surface area contributed by atoms with Gasteiger partial charge in [0, 0.05) is 10.6 Å². The first-order chi connectivity index (χ1) is 10.3. The number of benzene rings is 1. The minimum atomic E-state index is 0. The lowest BCUT2D eigenvalue weighted by molar-refractivity contribution is -0.884. The fraction of sp³-hybridized carbons (Fsp3) is 0.250. The van der Waals surface area contributed by atoms with E-state index in [2.05, 4.69) is 26.2 Å². The van der Waals surface area contributed by atoms with Crippen molar-refractivity contribution < 1.29 is 28.5 Å². The molecule has 2 heterocycles. The highest BCUT2D eigenvalue weighted by Gasteiger charge is 2.21. The molecule has 0 saturated carbocycles. The average molecular weight is 463 g/mol. The summed E-state index contributed by atoms with van der Waals surface area (Å²) in [7, 11) is 6.40. The number of rotatable bonds is 3. The summed E-state index contributed by atoms with van der Waals surface area (Å²) in [4.78, 5) is 4.73. The van der Waals surface area contributed by atoms with Crippen LogP contribution in [0, 0.1) is 0 Å². The fourth-order valence-electron chi connectivity index (χ4n) is 2.39. The van der Waals surface area contributed by atoms with Gasteiger partial charge in [-0.05, 0) is 24.3 Å². The summed E-state index contributed by atoms with van der Waals surface area (Å²) in [5, 5.41) is 5.57. The number of quaternary nitrogens is 1. The van der Waals surface area contributed by atoms with Crippen LogP contribution < -0.4 is 24.0 Å². The third-order valence-electron chi connectivity index (χ3n) is 3.28. The highest BCUT2D eigenvalue weighted by atomic mass is 127. The maximum atomic E-state index is 6.06. The monoisotopic (exact) mass is 462 g/mol. The maximum absolute atomic E-state index is 6.06. The van der Waals surface area contributed by atoms with Gasteiger partial charge in [-0.3, -0.25) is 0 Å². The summed E-state index contributed by atoms with van der Waals surface area (Å²) < 4.78 is 2.60. The van der Waals surface area contributed by atoms with E-state index in [9.17, 15) is 0 Å². The molecule has 2 aromatic heterocycles. The zero-order chi connectivity index (χ0) is 15.9. The summed E-state index contributed by atoms with van der Waals surface area (Å²) >= 11 is 12.0. The topological polar surface area (TPSA) is 30.2 Å². The molecule has 0 bridgehead atoms. The van der Waals surface area contributed by atoms with Gasteiger partial charge in [0.25, 0.3) is 0 Å². The molecule has 7 heteroatoms. The average Bonchev–Trinajstić information content (AvgIpc) is 2.76. The molecule has 4 nitrogen and oxygen atoms in total. The molecule has 0 amide bonds. The van der Waals surface area contributed by atoms with Crippen molar-refractivity contribution in [3.8, 4) is 11.3 Å². The van der Waals surface area contributed by atoms with Crippen LogP contribution in [-0.4, -0.2) is 40.2 Å². The van der Waals surface area contributed by atoms with Crippen LogP contribution >= 0.6 is 23.2 Å². The minimum Gasteiger partial charge on any atom is -1.00 e. The van der Waals surface area contributed by atoms with Crippen LogP contribution in [-0.2, 0) is 6.54 Å². The summed E-state index contributed by atoms with van der Waals surface area (Å²) in [5.41, 5.74) is 3.76. The number of aromatic nitrogens is 3. The van der Waals surface area contributed by atoms with E-state index in [1.807, 2.05) is 34.8 Å². The number of nitrogens with zero attached hydrogens (tertiary/aromatic N) is 4. The first kappa shape index (κ1) is 18.4. The van der Waals surface area contributed by atoms with Gasteiger partial charge in [0.15, 0.2) is 5.65 Å². The van der Waals surface area contributed by atoms with Crippen molar-refractivity contribution in [2.24, 2.45) is 0 Å². The van der Waals surface area contributed by atoms with E-state index < -0.39 is 0 Å². The molecule has 0 unspecified atom stereocenters. The van der Waals surface area contributed by atoms with E-state index in [0.29, 0.717) is 10.2 Å². The van der Waals surface area contributed by atoms with Crippen molar-refractivity contribution in [1.82, 2.24) is 14.6 Å². The molecule has 0 aliphatic heterocycles. The maximum Gasteiger partial charge on any atom is 0.154 e. The third kappa shape index (κ3) is 4.15. The number of imidazole rings is 1. The SMILES string of the molecule is C[N+](C)(C)Cc1c(-c2ccc(Cl)cc2)nc2ccc(Cl)nn12.[I-]. The number of hydrogen-bond donors (Lipinski definition) is 0. The van der Waals surface area contributed by atoms with Gasteiger partial charge >= 0.3 is 0 Å². The Kier molecular flexibility index (Phi) is 5.56. The van der Waals surface area contributed by atoms with Gasteiger partial charge < -0.3 is 28.5 Å². The Morgan fingerprint density at radius 1 is 1.00 bits per heavy atom. The van der Waals surface area contributed by atoms with Crippen LogP contribution in [0.25, 0.3) is 16.9 Å². The Morgan fingerprint density at radius 2 is 1.65 bits per heavy atom. The van der Waals surface area contributed by atoms with E-state index in [0.717, 1.165) is 33.6 Å². The summed E-state index contributed by atoms with van der Waals surface area (Å²) in [6, 6.07) is 11.3. The number of fused-ring (bicyclic) bond motifs is 1. The lowest BCUT2D eigenvalue weighted by Gasteiger charge is -2.23. The number of halogens is 3. The molecule has 0 radical (unpaired) electrons. The molecule has 0 atom stereocenters. The Morgan fingerprint density at radius 3 is 2.26 bits per heavy atom. The normalized spacial score (nSPS) is 11.5. The van der Waals surface area contributed by atoms with Gasteiger partial charge in [-0.2, -0.15) is 5.10 Å². The lowest BCUT2D eigenvalue weighted by Crippen LogP contribution is -3.00. The van der Waals surface area contributed by atoms with Gasteiger partial charge in [-0.15, -0.1) is 0 Å². The molecule has 1 aromatic carbocycles. The van der Waals surface area contributed by atoms with E-state index >= 15 is 0 Å². The highest BCUT2D eigenvalue weighted by Crippen LogP contribution is 2.27. The summed E-state index contributed by atoms with van der Waals surface area (Å²) in [5.74, 6) is 0. The van der Waals surface area contributed by atoms with Crippen molar-refractivity contribution >= 4 is 28.8 Å². The zero-order valence-electron chi connectivity index (χ0n) is 13.1. The van der Waals surface area contributed by atoms with Crippen molar-refractivity contribution in [2.45, 2.75) is 6.54 Å². The molecule has 122 valence electrons. The Hall–Kier alpha value is -0.890. The van der Waals surface area contributed by atoms with Gasteiger partial charge in [-0.1, -0.05) is 35.3 Å². The third-order valence-corrected chi connectivity index (χ3v) is 3.73. The molecule has 0 N–H and O–H groups in total. The van der Waals surface area contributed by atoms with Gasteiger partial charge in [0.2, 0.25) is 0 Å². The molecule has 0 aliphatic carbocycles. The van der Waals surface area contributed by atoms with Crippen LogP contribution in [0.4, 0.5) is 0 Å². The molecule has 3 aromatic rings. The second-order valence-corrected chi connectivity index (χ2v) is 7.11. The predicted molar refractivity (Wildman–Crippen MR) is 90.2 cm³/mol. The van der Waals surface area contributed by atoms with Crippen molar-refractivity contribution in [3.63, 3.8) is 0 Å². The largest absolute Gasteiger partial charge is 1.00 e. The van der Waals surface area contributed by atoms with Crippen LogP contribution in [0.1, 0.15) is 5.69 Å². The van der Waals surface area contributed by atoms with E-state index in [-0.39, 0.29) is 24.0 Å². The van der Waals surface area contributed by atoms with E-state index in [1.54, 1.807) is 6.07 Å². The predicted octanol–water partition coefficient (Wildman–Crippen LogP) is 0.913. The number of hydrogen-bond acceptors (Lipinski definition) is 2. The summed E-state index contributed by atoms with van der Waals surface area (Å²) in [6.45, 7) is 0.784. The van der Waals surface area contributed by atoms with Crippen LogP contribution in [0.2, 0.25) is 10.2 Å². The Balaban J connectivity index is 0.00000192. The van der Waals surface area contributed by atoms with Crippen LogP contribution in [0.15, 0.2) is 36.4 Å². The first-order valence-electron chi connectivity index (χ1n) is 6.94. The molecular formula is C16H17Cl2IN4. The molecule has 0 fully saturated rings. The first-order valence-corrected chi connectivity index (χ1v) is 7.70. The standard InChI is InChI=1S/C16H17Cl2N4.HI/c1-22(2,3)10-13-16(11-4-6-12(17)7-5-11)19-15-9-8-14(18)20-21(13)15;/h4-9H,10H2,1-3H3;1H/q+1;/p-1. The molecule has 0 spiro atoms. The highest BCUT2D eigenvalue weighted by molar-refractivity contribution is 6.30. The molecule has 0 saturated heterocycles. The summed E-state index contributed by atoms with van der Waals surface area (Å²) in [6.07, 6.45) is 0. The van der Waals surface area contributed by atoms with Crippen LogP contribution in [0.3, 0.4) is 0 Å². The molecule has 3 rings (SSSR count). The minimum absolute atomic E-state index is 0. The second-order valence-electron chi connectivity index (χ2n) is 6.29. The van der Waals surface area contributed by atoms with E-state index in [1.165, 1.54) is 0 Å². The Bertz CT molecular complexity index is 822. The van der Waals surface area contributed by atoms with Crippen molar-refractivity contribution in [1.29, 1.82) is 0 Å². The molecule has 0 aliphatic rings. The van der Waals surface area contributed by atoms with Gasteiger partial charge in [0.1, 0.15) is 23.1 Å². The quantitative estimate of drug-likeness (QED) is 0.428. The van der Waals surface area contributed by atoms with Gasteiger partial charge in [0.05, 0.1) is 21.1 Å². The second kappa shape index (κ2) is 6.93. The van der Waals surface area contributed by atoms with Crippen LogP contribution in [0.5, 0.6) is 0 Å². The lowest BCUT2D eigenvalue weighted by atomic mass is 10.1. The van der Waals surface area contributed by atoms with Crippen molar-refractivity contribution in [2.75, 3.05) is 21.1 Å². The van der Waals surface area contributed by atoms with Crippen molar-refractivity contribution in [3.05, 3.63) is 52.3 Å².